The number of halogens is 1. The molecule has 2 saturated heterocycles. The van der Waals surface area contributed by atoms with Gasteiger partial charge in [-0.25, -0.2) is 13.1 Å². The molecule has 2 aliphatic heterocycles. The van der Waals surface area contributed by atoms with Crippen LogP contribution >= 0.6 is 12.4 Å². The molecule has 1 aromatic rings. The van der Waals surface area contributed by atoms with E-state index >= 15 is 0 Å². The Labute approximate surface area is 168 Å². The van der Waals surface area contributed by atoms with E-state index in [-0.39, 0.29) is 29.3 Å². The molecule has 1 amide bonds. The molecule has 0 saturated carbocycles. The minimum Gasteiger partial charge on any atom is -0.339 e. The van der Waals surface area contributed by atoms with Crippen molar-refractivity contribution in [1.82, 2.24) is 14.9 Å². The maximum Gasteiger partial charge on any atom is 0.253 e. The average Bonchev–Trinajstić information content (AvgIpc) is 2.99. The normalized spacial score (nSPS) is 23.9. The van der Waals surface area contributed by atoms with E-state index in [2.05, 4.69) is 10.0 Å². The number of likely N-dealkylation sites (tertiary alicyclic amines) is 1. The van der Waals surface area contributed by atoms with Crippen molar-refractivity contribution in [2.45, 2.75) is 44.0 Å². The van der Waals surface area contributed by atoms with Gasteiger partial charge in [0.2, 0.25) is 10.0 Å². The Balaban J connectivity index is 0.00000261. The molecule has 6 nitrogen and oxygen atoms in total. The van der Waals surface area contributed by atoms with Crippen molar-refractivity contribution >= 4 is 28.3 Å². The standard InChI is InChI=1S/C19H29N3O3S.ClH/c1-3-14(2)21-26(24,25)18-6-4-15(5-7-18)19(23)22-10-8-16-12-20-13-17(16)9-11-22;/h4-7,14,16-17,20-21H,3,8-13H2,1-2H3;1H/t14?,16-,17+;. The molecule has 152 valence electrons. The molecule has 2 N–H and O–H groups in total. The van der Waals surface area contributed by atoms with Gasteiger partial charge < -0.3 is 10.2 Å². The summed E-state index contributed by atoms with van der Waals surface area (Å²) in [7, 11) is -3.54. The van der Waals surface area contributed by atoms with Gasteiger partial charge in [-0.1, -0.05) is 6.92 Å². The van der Waals surface area contributed by atoms with Crippen LogP contribution < -0.4 is 10.0 Å². The van der Waals surface area contributed by atoms with Crippen molar-refractivity contribution in [2.24, 2.45) is 11.8 Å². The third-order valence-electron chi connectivity index (χ3n) is 5.69. The van der Waals surface area contributed by atoms with Gasteiger partial charge >= 0.3 is 0 Å². The number of amides is 1. The number of nitrogens with one attached hydrogen (secondary N) is 2. The molecule has 8 heteroatoms. The summed E-state index contributed by atoms with van der Waals surface area (Å²) in [5.41, 5.74) is 0.553. The highest BCUT2D eigenvalue weighted by molar-refractivity contribution is 7.89. The first-order chi connectivity index (χ1) is 12.4. The summed E-state index contributed by atoms with van der Waals surface area (Å²) < 4.78 is 27.3. The Kier molecular flexibility index (Phi) is 7.68. The Morgan fingerprint density at radius 2 is 1.74 bits per heavy atom. The van der Waals surface area contributed by atoms with Gasteiger partial charge in [0.15, 0.2) is 0 Å². The van der Waals surface area contributed by atoms with Crippen LogP contribution in [0.25, 0.3) is 0 Å². The van der Waals surface area contributed by atoms with Gasteiger partial charge in [0, 0.05) is 24.7 Å². The lowest BCUT2D eigenvalue weighted by Crippen LogP contribution is -2.33. The van der Waals surface area contributed by atoms with Crippen LogP contribution in [0.15, 0.2) is 29.2 Å². The monoisotopic (exact) mass is 415 g/mol. The van der Waals surface area contributed by atoms with Crippen LogP contribution in [-0.2, 0) is 10.0 Å². The number of hydrogen-bond donors (Lipinski definition) is 2. The molecule has 2 fully saturated rings. The molecule has 0 radical (unpaired) electrons. The summed E-state index contributed by atoms with van der Waals surface area (Å²) in [6.07, 6.45) is 2.80. The Hall–Kier alpha value is -1.15. The van der Waals surface area contributed by atoms with Crippen LogP contribution in [0.2, 0.25) is 0 Å². The van der Waals surface area contributed by atoms with E-state index in [9.17, 15) is 13.2 Å². The first kappa shape index (κ1) is 22.1. The molecule has 1 aromatic carbocycles. The molecule has 27 heavy (non-hydrogen) atoms. The minimum absolute atomic E-state index is 0. The quantitative estimate of drug-likeness (QED) is 0.773. The number of carbonyl (C=O) groups is 1. The Morgan fingerprint density at radius 1 is 1.19 bits per heavy atom. The minimum atomic E-state index is -3.54. The van der Waals surface area contributed by atoms with Crippen LogP contribution in [0.4, 0.5) is 0 Å². The van der Waals surface area contributed by atoms with Crippen molar-refractivity contribution in [1.29, 1.82) is 0 Å². The fraction of sp³-hybridized carbons (Fsp3) is 0.632. The van der Waals surface area contributed by atoms with Crippen molar-refractivity contribution in [2.75, 3.05) is 26.2 Å². The van der Waals surface area contributed by atoms with E-state index < -0.39 is 10.0 Å². The lowest BCUT2D eigenvalue weighted by molar-refractivity contribution is 0.0758. The SMILES string of the molecule is CCC(C)NS(=O)(=O)c1ccc(C(=O)N2CC[C@@H]3CNC[C@@H]3CC2)cc1.Cl. The van der Waals surface area contributed by atoms with Crippen LogP contribution in [0.1, 0.15) is 43.5 Å². The molecule has 0 bridgehead atoms. The van der Waals surface area contributed by atoms with Crippen molar-refractivity contribution in [3.63, 3.8) is 0 Å². The van der Waals surface area contributed by atoms with Crippen LogP contribution in [0.3, 0.4) is 0 Å². The summed E-state index contributed by atoms with van der Waals surface area (Å²) >= 11 is 0. The zero-order valence-corrected chi connectivity index (χ0v) is 17.6. The first-order valence-electron chi connectivity index (χ1n) is 9.53. The molecular formula is C19H30ClN3O3S. The fourth-order valence-electron chi connectivity index (χ4n) is 3.80. The van der Waals surface area contributed by atoms with Crippen LogP contribution in [0, 0.1) is 11.8 Å². The second kappa shape index (κ2) is 9.37. The highest BCUT2D eigenvalue weighted by Crippen LogP contribution is 2.27. The molecule has 0 aromatic heterocycles. The van der Waals surface area contributed by atoms with E-state index in [1.807, 2.05) is 18.7 Å². The zero-order chi connectivity index (χ0) is 18.7. The fourth-order valence-corrected chi connectivity index (χ4v) is 5.12. The Morgan fingerprint density at radius 3 is 2.26 bits per heavy atom. The summed E-state index contributed by atoms with van der Waals surface area (Å²) in [5, 5.41) is 3.44. The molecule has 1 unspecified atom stereocenters. The predicted octanol–water partition coefficient (Wildman–Crippen LogP) is 2.26. The first-order valence-corrected chi connectivity index (χ1v) is 11.0. The summed E-state index contributed by atoms with van der Waals surface area (Å²) in [5.74, 6) is 1.34. The molecule has 0 aliphatic carbocycles. The number of sulfonamides is 1. The van der Waals surface area contributed by atoms with Crippen molar-refractivity contribution in [3.8, 4) is 0 Å². The summed E-state index contributed by atoms with van der Waals surface area (Å²) in [4.78, 5) is 14.9. The summed E-state index contributed by atoms with van der Waals surface area (Å²) in [6, 6.07) is 6.18. The lowest BCUT2D eigenvalue weighted by Gasteiger charge is -2.21. The van der Waals surface area contributed by atoms with Gasteiger partial charge in [-0.2, -0.15) is 0 Å². The summed E-state index contributed by atoms with van der Waals surface area (Å²) in [6.45, 7) is 7.43. The van der Waals surface area contributed by atoms with Crippen LogP contribution in [0.5, 0.6) is 0 Å². The number of benzene rings is 1. The smallest absolute Gasteiger partial charge is 0.253 e. The third kappa shape index (κ3) is 5.22. The molecule has 0 spiro atoms. The topological polar surface area (TPSA) is 78.5 Å². The van der Waals surface area contributed by atoms with Crippen LogP contribution in [-0.4, -0.2) is 51.4 Å². The van der Waals surface area contributed by atoms with Gasteiger partial charge in [0.05, 0.1) is 4.90 Å². The number of carbonyl (C=O) groups excluding carboxylic acids is 1. The molecule has 2 aliphatic rings. The average molecular weight is 416 g/mol. The molecule has 2 heterocycles. The van der Waals surface area contributed by atoms with E-state index in [1.54, 1.807) is 12.1 Å². The van der Waals surface area contributed by atoms with Gasteiger partial charge in [-0.05, 0) is 75.4 Å². The number of hydrogen-bond acceptors (Lipinski definition) is 4. The maximum absolute atomic E-state index is 12.8. The van der Waals surface area contributed by atoms with Crippen molar-refractivity contribution < 1.29 is 13.2 Å². The zero-order valence-electron chi connectivity index (χ0n) is 16.0. The third-order valence-corrected chi connectivity index (χ3v) is 7.29. The second-order valence-electron chi connectivity index (χ2n) is 7.50. The molecule has 3 atom stereocenters. The van der Waals surface area contributed by atoms with E-state index in [0.717, 1.165) is 45.4 Å². The highest BCUT2D eigenvalue weighted by atomic mass is 35.5. The van der Waals surface area contributed by atoms with Gasteiger partial charge in [0.1, 0.15) is 0 Å². The van der Waals surface area contributed by atoms with Gasteiger partial charge in [-0.3, -0.25) is 4.79 Å². The van der Waals surface area contributed by atoms with E-state index in [1.165, 1.54) is 12.1 Å². The van der Waals surface area contributed by atoms with E-state index in [4.69, 9.17) is 0 Å². The lowest BCUT2D eigenvalue weighted by atomic mass is 9.92. The van der Waals surface area contributed by atoms with Gasteiger partial charge in [-0.15, -0.1) is 12.4 Å². The predicted molar refractivity (Wildman–Crippen MR) is 109 cm³/mol. The number of fused-ring (bicyclic) bond motifs is 1. The second-order valence-corrected chi connectivity index (χ2v) is 9.22. The van der Waals surface area contributed by atoms with Gasteiger partial charge in [0.25, 0.3) is 5.91 Å². The van der Waals surface area contributed by atoms with Crippen molar-refractivity contribution in [3.05, 3.63) is 29.8 Å². The van der Waals surface area contributed by atoms with E-state index in [0.29, 0.717) is 17.4 Å². The Bertz CT molecular complexity index is 725. The largest absolute Gasteiger partial charge is 0.339 e. The molecular weight excluding hydrogens is 386 g/mol. The maximum atomic E-state index is 12.8. The number of nitrogens with zero attached hydrogens (tertiary/aromatic N) is 1. The molecule has 3 rings (SSSR count). The number of rotatable bonds is 5. The highest BCUT2D eigenvalue weighted by Gasteiger charge is 2.31.